The van der Waals surface area contributed by atoms with Crippen LogP contribution in [0.25, 0.3) is 0 Å². The summed E-state index contributed by atoms with van der Waals surface area (Å²) in [5, 5.41) is 2.83. The first-order valence-electron chi connectivity index (χ1n) is 8.02. The van der Waals surface area contributed by atoms with Crippen LogP contribution < -0.4 is 15.8 Å². The molecule has 0 fully saturated rings. The van der Waals surface area contributed by atoms with E-state index in [9.17, 15) is 4.79 Å². The van der Waals surface area contributed by atoms with Gasteiger partial charge in [-0.05, 0) is 48.9 Å². The van der Waals surface area contributed by atoms with Crippen LogP contribution in [0.15, 0.2) is 12.1 Å². The smallest absolute Gasteiger partial charge is 0.255 e. The van der Waals surface area contributed by atoms with Gasteiger partial charge in [-0.2, -0.15) is 0 Å². The third-order valence-corrected chi connectivity index (χ3v) is 3.91. The largest absolute Gasteiger partial charge is 0.490 e. The van der Waals surface area contributed by atoms with Crippen LogP contribution in [-0.2, 0) is 17.6 Å². The third-order valence-electron chi connectivity index (χ3n) is 3.91. The van der Waals surface area contributed by atoms with E-state index in [1.807, 2.05) is 12.1 Å². The first-order valence-corrected chi connectivity index (χ1v) is 8.02. The fraction of sp³-hybridized carbons (Fsp3) is 0.588. The maximum Gasteiger partial charge on any atom is 0.255 e. The quantitative estimate of drug-likeness (QED) is 0.593. The number of amides is 1. The molecular weight excluding hydrogens is 280 g/mol. The predicted molar refractivity (Wildman–Crippen MR) is 86.5 cm³/mol. The number of nitrogens with one attached hydrogen (secondary N) is 1. The van der Waals surface area contributed by atoms with Crippen LogP contribution in [0.3, 0.4) is 0 Å². The minimum absolute atomic E-state index is 0.120. The molecule has 22 heavy (non-hydrogen) atoms. The fourth-order valence-electron chi connectivity index (χ4n) is 2.75. The van der Waals surface area contributed by atoms with Crippen molar-refractivity contribution in [1.29, 1.82) is 0 Å². The number of carbonyl (C=O) groups excluding carboxylic acids is 1. The minimum Gasteiger partial charge on any atom is -0.490 e. The Balaban J connectivity index is 2.26. The van der Waals surface area contributed by atoms with Gasteiger partial charge in [-0.25, -0.2) is 0 Å². The normalized spacial score (nSPS) is 14.1. The monoisotopic (exact) mass is 306 g/mol. The van der Waals surface area contributed by atoms with Crippen LogP contribution in [0.5, 0.6) is 5.75 Å². The van der Waals surface area contributed by atoms with Gasteiger partial charge < -0.3 is 20.5 Å². The van der Waals surface area contributed by atoms with Crippen molar-refractivity contribution in [3.05, 3.63) is 28.8 Å². The lowest BCUT2D eigenvalue weighted by Gasteiger charge is -2.15. The van der Waals surface area contributed by atoms with Crippen molar-refractivity contribution in [3.63, 3.8) is 0 Å². The number of methoxy groups -OCH3 is 1. The molecule has 3 N–H and O–H groups in total. The van der Waals surface area contributed by atoms with Crippen LogP contribution in [0.2, 0.25) is 0 Å². The van der Waals surface area contributed by atoms with Gasteiger partial charge in [-0.1, -0.05) is 6.42 Å². The highest BCUT2D eigenvalue weighted by molar-refractivity contribution is 5.97. The molecule has 0 unspecified atom stereocenters. The third kappa shape index (κ3) is 4.45. The summed E-state index contributed by atoms with van der Waals surface area (Å²) in [5.41, 5.74) is 8.64. The lowest BCUT2D eigenvalue weighted by molar-refractivity contribution is 0.0946. The molecule has 122 valence electrons. The zero-order valence-electron chi connectivity index (χ0n) is 13.3. The van der Waals surface area contributed by atoms with Gasteiger partial charge in [-0.15, -0.1) is 0 Å². The van der Waals surface area contributed by atoms with Gasteiger partial charge >= 0.3 is 0 Å². The zero-order chi connectivity index (χ0) is 15.8. The van der Waals surface area contributed by atoms with E-state index in [0.29, 0.717) is 37.6 Å². The van der Waals surface area contributed by atoms with Gasteiger partial charge in [0.1, 0.15) is 12.4 Å². The fourth-order valence-corrected chi connectivity index (χ4v) is 2.75. The molecule has 1 aromatic rings. The number of hydrogen-bond donors (Lipinski definition) is 2. The number of ether oxygens (including phenoxy) is 2. The van der Waals surface area contributed by atoms with E-state index < -0.39 is 0 Å². The van der Waals surface area contributed by atoms with E-state index in [4.69, 9.17) is 15.2 Å². The Morgan fingerprint density at radius 2 is 1.91 bits per heavy atom. The number of aryl methyl sites for hydroxylation is 2. The molecule has 0 radical (unpaired) electrons. The molecule has 1 aliphatic carbocycles. The van der Waals surface area contributed by atoms with Crippen LogP contribution in [0, 0.1) is 0 Å². The summed E-state index contributed by atoms with van der Waals surface area (Å²) >= 11 is 0. The van der Waals surface area contributed by atoms with E-state index in [2.05, 4.69) is 5.32 Å². The molecule has 5 heteroatoms. The summed E-state index contributed by atoms with van der Waals surface area (Å²) in [5.74, 6) is 0.525. The minimum atomic E-state index is -0.120. The maximum atomic E-state index is 12.4. The Labute approximate surface area is 132 Å². The van der Waals surface area contributed by atoms with Gasteiger partial charge in [0.25, 0.3) is 5.91 Å². The van der Waals surface area contributed by atoms with Crippen molar-refractivity contribution in [3.8, 4) is 5.75 Å². The van der Waals surface area contributed by atoms with Gasteiger partial charge in [0, 0.05) is 20.2 Å². The van der Waals surface area contributed by atoms with Crippen molar-refractivity contribution >= 4 is 5.91 Å². The number of carbonyl (C=O) groups is 1. The molecule has 1 aliphatic rings. The molecule has 5 nitrogen and oxygen atoms in total. The number of fused-ring (bicyclic) bond motifs is 1. The second kappa shape index (κ2) is 8.76. The Bertz CT molecular complexity index is 503. The summed E-state index contributed by atoms with van der Waals surface area (Å²) in [6.45, 7) is 1.83. The molecule has 0 saturated heterocycles. The zero-order valence-corrected chi connectivity index (χ0v) is 13.3. The number of rotatable bonds is 7. The van der Waals surface area contributed by atoms with Crippen LogP contribution >= 0.6 is 0 Å². The van der Waals surface area contributed by atoms with Gasteiger partial charge in [0.15, 0.2) is 0 Å². The molecule has 2 rings (SSSR count). The second-order valence-electron chi connectivity index (χ2n) is 5.56. The van der Waals surface area contributed by atoms with Crippen molar-refractivity contribution in [1.82, 2.24) is 5.32 Å². The van der Waals surface area contributed by atoms with Crippen LogP contribution in [-0.4, -0.2) is 39.3 Å². The van der Waals surface area contributed by atoms with Crippen molar-refractivity contribution < 1.29 is 14.3 Å². The topological polar surface area (TPSA) is 73.6 Å². The Morgan fingerprint density at radius 3 is 2.59 bits per heavy atom. The summed E-state index contributed by atoms with van der Waals surface area (Å²) in [4.78, 5) is 12.4. The van der Waals surface area contributed by atoms with Crippen molar-refractivity contribution in [2.24, 2.45) is 5.73 Å². The van der Waals surface area contributed by atoms with Crippen molar-refractivity contribution in [2.75, 3.05) is 33.4 Å². The van der Waals surface area contributed by atoms with Gasteiger partial charge in [0.05, 0.1) is 12.2 Å². The molecule has 0 heterocycles. The first kappa shape index (κ1) is 16.8. The highest BCUT2D eigenvalue weighted by atomic mass is 16.5. The van der Waals surface area contributed by atoms with E-state index in [1.54, 1.807) is 7.11 Å². The molecule has 1 aromatic carbocycles. The summed E-state index contributed by atoms with van der Waals surface area (Å²) in [7, 11) is 1.63. The van der Waals surface area contributed by atoms with Gasteiger partial charge in [0.2, 0.25) is 0 Å². The van der Waals surface area contributed by atoms with E-state index >= 15 is 0 Å². The maximum absolute atomic E-state index is 12.4. The Hall–Kier alpha value is -1.59. The molecule has 1 amide bonds. The molecule has 0 saturated carbocycles. The SMILES string of the molecule is COCCOc1cc2c(cc1C(=O)NCCN)CCCCC2. The summed E-state index contributed by atoms with van der Waals surface area (Å²) in [6.07, 6.45) is 5.71. The molecular formula is C17H26N2O3. The van der Waals surface area contributed by atoms with Gasteiger partial charge in [-0.3, -0.25) is 4.79 Å². The van der Waals surface area contributed by atoms with E-state index in [0.717, 1.165) is 12.8 Å². The lowest BCUT2D eigenvalue weighted by atomic mass is 9.98. The Kier molecular flexibility index (Phi) is 6.68. The summed E-state index contributed by atoms with van der Waals surface area (Å²) in [6, 6.07) is 4.03. The van der Waals surface area contributed by atoms with E-state index in [1.165, 1.54) is 30.4 Å². The molecule has 0 bridgehead atoms. The molecule has 0 spiro atoms. The molecule has 0 aliphatic heterocycles. The lowest BCUT2D eigenvalue weighted by Crippen LogP contribution is -2.29. The average molecular weight is 306 g/mol. The van der Waals surface area contributed by atoms with E-state index in [-0.39, 0.29) is 5.91 Å². The summed E-state index contributed by atoms with van der Waals surface area (Å²) < 4.78 is 10.8. The highest BCUT2D eigenvalue weighted by Gasteiger charge is 2.18. The standard InChI is InChI=1S/C17H26N2O3/c1-21-9-10-22-16-12-14-6-4-2-3-5-13(14)11-15(16)17(20)19-8-7-18/h11-12H,2-10,18H2,1H3,(H,19,20). The number of hydrogen-bond acceptors (Lipinski definition) is 4. The Morgan fingerprint density at radius 1 is 1.18 bits per heavy atom. The number of nitrogens with two attached hydrogens (primary N) is 1. The van der Waals surface area contributed by atoms with Crippen LogP contribution in [0.4, 0.5) is 0 Å². The average Bonchev–Trinajstić information content (AvgIpc) is 2.76. The molecule has 0 aromatic heterocycles. The predicted octanol–water partition coefficient (Wildman–Crippen LogP) is 1.67. The highest BCUT2D eigenvalue weighted by Crippen LogP contribution is 2.29. The van der Waals surface area contributed by atoms with Crippen molar-refractivity contribution in [2.45, 2.75) is 32.1 Å². The van der Waals surface area contributed by atoms with Crippen LogP contribution in [0.1, 0.15) is 40.7 Å². The molecule has 0 atom stereocenters. The second-order valence-corrected chi connectivity index (χ2v) is 5.56. The first-order chi connectivity index (χ1) is 10.8. The number of benzene rings is 1.